The van der Waals surface area contributed by atoms with Crippen molar-refractivity contribution < 1.29 is 9.21 Å². The maximum absolute atomic E-state index is 12.6. The zero-order chi connectivity index (χ0) is 22.8. The molecule has 0 aliphatic carbocycles. The third-order valence-electron chi connectivity index (χ3n) is 5.18. The van der Waals surface area contributed by atoms with Crippen LogP contribution in [0.5, 0.6) is 0 Å². The molecule has 0 atom stereocenters. The molecule has 0 aliphatic rings. The average Bonchev–Trinajstić information content (AvgIpc) is 3.18. The van der Waals surface area contributed by atoms with Crippen LogP contribution < -0.4 is 10.6 Å². The second-order valence-corrected chi connectivity index (χ2v) is 8.41. The first-order valence-corrected chi connectivity index (χ1v) is 11.0. The minimum atomic E-state index is -0.280. The smallest absolute Gasteiger partial charge is 0.257 e. The predicted octanol–water partition coefficient (Wildman–Crippen LogP) is 6.45. The third-order valence-corrected chi connectivity index (χ3v) is 5.71. The molecule has 0 unspecified atom stereocenters. The fourth-order valence-corrected chi connectivity index (χ4v) is 3.83. The fourth-order valence-electron chi connectivity index (χ4n) is 3.46. The summed E-state index contributed by atoms with van der Waals surface area (Å²) in [7, 11) is 0. The van der Waals surface area contributed by atoms with Crippen LogP contribution in [0.4, 0.5) is 5.69 Å². The van der Waals surface area contributed by atoms with Gasteiger partial charge in [0, 0.05) is 11.1 Å². The normalized spacial score (nSPS) is 10.9. The van der Waals surface area contributed by atoms with Gasteiger partial charge in [-0.2, -0.15) is 0 Å². The lowest BCUT2D eigenvalue weighted by molar-refractivity contribution is 0.0977. The van der Waals surface area contributed by atoms with Crippen LogP contribution in [0.2, 0.25) is 5.02 Å². The molecule has 0 aliphatic heterocycles. The molecule has 162 valence electrons. The van der Waals surface area contributed by atoms with Crippen LogP contribution >= 0.6 is 23.8 Å². The van der Waals surface area contributed by atoms with Gasteiger partial charge in [-0.1, -0.05) is 42.3 Å². The van der Waals surface area contributed by atoms with Gasteiger partial charge >= 0.3 is 0 Å². The highest BCUT2D eigenvalue weighted by molar-refractivity contribution is 7.80. The molecule has 0 saturated heterocycles. The number of nitrogens with zero attached hydrogens (tertiary/aromatic N) is 1. The summed E-state index contributed by atoms with van der Waals surface area (Å²) in [5.41, 5.74) is 6.55. The lowest BCUT2D eigenvalue weighted by Gasteiger charge is -2.13. The monoisotopic (exact) mass is 463 g/mol. The number of amides is 1. The lowest BCUT2D eigenvalue weighted by atomic mass is 10.1. The molecule has 1 amide bonds. The lowest BCUT2D eigenvalue weighted by Crippen LogP contribution is -2.34. The summed E-state index contributed by atoms with van der Waals surface area (Å²) in [4.78, 5) is 17.2. The highest BCUT2D eigenvalue weighted by atomic mass is 35.5. The number of hydrogen-bond donors (Lipinski definition) is 2. The maximum Gasteiger partial charge on any atom is 0.257 e. The van der Waals surface area contributed by atoms with E-state index < -0.39 is 0 Å². The van der Waals surface area contributed by atoms with Crippen molar-refractivity contribution >= 4 is 51.6 Å². The van der Waals surface area contributed by atoms with Gasteiger partial charge in [-0.3, -0.25) is 10.1 Å². The van der Waals surface area contributed by atoms with Gasteiger partial charge in [-0.05, 0) is 80.0 Å². The molecule has 0 bridgehead atoms. The van der Waals surface area contributed by atoms with Crippen LogP contribution in [-0.2, 0) is 6.42 Å². The minimum Gasteiger partial charge on any atom is -0.436 e. The molecule has 32 heavy (non-hydrogen) atoms. The molecular weight excluding hydrogens is 442 g/mol. The van der Waals surface area contributed by atoms with Gasteiger partial charge in [0.25, 0.3) is 5.91 Å². The van der Waals surface area contributed by atoms with Crippen LogP contribution in [0.15, 0.2) is 59.0 Å². The van der Waals surface area contributed by atoms with E-state index in [0.29, 0.717) is 22.2 Å². The van der Waals surface area contributed by atoms with Crippen molar-refractivity contribution in [2.45, 2.75) is 27.2 Å². The van der Waals surface area contributed by atoms with Crippen LogP contribution in [0.3, 0.4) is 0 Å². The van der Waals surface area contributed by atoms with E-state index in [1.165, 1.54) is 5.56 Å². The predicted molar refractivity (Wildman–Crippen MR) is 133 cm³/mol. The van der Waals surface area contributed by atoms with Gasteiger partial charge in [0.1, 0.15) is 5.52 Å². The molecule has 1 aromatic heterocycles. The first-order chi connectivity index (χ1) is 15.3. The molecule has 7 heteroatoms. The quantitative estimate of drug-likeness (QED) is 0.340. The standard InChI is InChI=1S/C25H22ClN3O2S/c1-4-16-6-10-22-21(12-16)27-24(31-22)17-7-9-19(26)20(13-17)28-25(32)29-23(30)18-8-5-14(2)11-15(18)3/h5-13H,4H2,1-3H3,(H2,28,29,30,32). The molecule has 0 radical (unpaired) electrons. The summed E-state index contributed by atoms with van der Waals surface area (Å²) >= 11 is 11.7. The molecule has 4 rings (SSSR count). The van der Waals surface area contributed by atoms with Gasteiger partial charge < -0.3 is 9.73 Å². The van der Waals surface area contributed by atoms with Gasteiger partial charge in [0.15, 0.2) is 10.7 Å². The number of nitrogens with one attached hydrogen (secondary N) is 2. The Bertz CT molecular complexity index is 1350. The van der Waals surface area contributed by atoms with E-state index in [0.717, 1.165) is 34.2 Å². The summed E-state index contributed by atoms with van der Waals surface area (Å²) in [6, 6.07) is 17.0. The number of halogens is 1. The van der Waals surface area contributed by atoms with Crippen molar-refractivity contribution in [1.82, 2.24) is 10.3 Å². The number of fused-ring (bicyclic) bond motifs is 1. The average molecular weight is 464 g/mol. The number of hydrogen-bond acceptors (Lipinski definition) is 4. The Morgan fingerprint density at radius 2 is 1.91 bits per heavy atom. The molecular formula is C25H22ClN3O2S. The number of rotatable bonds is 4. The van der Waals surface area contributed by atoms with E-state index in [2.05, 4.69) is 22.5 Å². The van der Waals surface area contributed by atoms with Crippen LogP contribution in [-0.4, -0.2) is 16.0 Å². The first kappa shape index (κ1) is 22.0. The van der Waals surface area contributed by atoms with Crippen LogP contribution in [0.1, 0.15) is 34.0 Å². The van der Waals surface area contributed by atoms with E-state index in [1.807, 2.05) is 50.2 Å². The first-order valence-electron chi connectivity index (χ1n) is 10.2. The Labute approximate surface area is 196 Å². The van der Waals surface area contributed by atoms with Gasteiger partial charge in [0.2, 0.25) is 5.89 Å². The van der Waals surface area contributed by atoms with Crippen molar-refractivity contribution in [3.05, 3.63) is 81.9 Å². The summed E-state index contributed by atoms with van der Waals surface area (Å²) < 4.78 is 5.91. The summed E-state index contributed by atoms with van der Waals surface area (Å²) in [5, 5.41) is 6.32. The van der Waals surface area contributed by atoms with E-state index in [9.17, 15) is 4.79 Å². The molecule has 4 aromatic rings. The SMILES string of the molecule is CCc1ccc2oc(-c3ccc(Cl)c(NC(=S)NC(=O)c4ccc(C)cc4C)c3)nc2c1. The molecule has 0 fully saturated rings. The van der Waals surface area contributed by atoms with E-state index in [-0.39, 0.29) is 11.0 Å². The van der Waals surface area contributed by atoms with Crippen molar-refractivity contribution in [3.63, 3.8) is 0 Å². The number of carbonyl (C=O) groups excluding carboxylic acids is 1. The Morgan fingerprint density at radius 3 is 2.66 bits per heavy atom. The van der Waals surface area contributed by atoms with E-state index in [4.69, 9.17) is 28.2 Å². The van der Waals surface area contributed by atoms with Gasteiger partial charge in [-0.15, -0.1) is 0 Å². The molecule has 5 nitrogen and oxygen atoms in total. The summed E-state index contributed by atoms with van der Waals surface area (Å²) in [5.74, 6) is 0.205. The van der Waals surface area contributed by atoms with E-state index in [1.54, 1.807) is 18.2 Å². The number of benzene rings is 3. The number of aromatic nitrogens is 1. The number of oxazole rings is 1. The summed E-state index contributed by atoms with van der Waals surface area (Å²) in [6.45, 7) is 5.97. The summed E-state index contributed by atoms with van der Waals surface area (Å²) in [6.07, 6.45) is 0.929. The number of carbonyl (C=O) groups is 1. The Hall–Kier alpha value is -3.22. The maximum atomic E-state index is 12.6. The number of aryl methyl sites for hydroxylation is 3. The molecule has 0 spiro atoms. The third kappa shape index (κ3) is 4.66. The Kier molecular flexibility index (Phi) is 6.26. The fraction of sp³-hybridized carbons (Fsp3) is 0.160. The Morgan fingerprint density at radius 1 is 1.09 bits per heavy atom. The molecule has 1 heterocycles. The van der Waals surface area contributed by atoms with Gasteiger partial charge in [0.05, 0.1) is 10.7 Å². The zero-order valence-corrected chi connectivity index (χ0v) is 19.5. The topological polar surface area (TPSA) is 67.2 Å². The highest BCUT2D eigenvalue weighted by Gasteiger charge is 2.14. The largest absolute Gasteiger partial charge is 0.436 e. The molecule has 3 aromatic carbocycles. The highest BCUT2D eigenvalue weighted by Crippen LogP contribution is 2.30. The van der Waals surface area contributed by atoms with Crippen molar-refractivity contribution in [2.24, 2.45) is 0 Å². The number of anilines is 1. The second kappa shape index (κ2) is 9.10. The minimum absolute atomic E-state index is 0.152. The van der Waals surface area contributed by atoms with E-state index >= 15 is 0 Å². The zero-order valence-electron chi connectivity index (χ0n) is 18.0. The van der Waals surface area contributed by atoms with Gasteiger partial charge in [-0.25, -0.2) is 4.98 Å². The van der Waals surface area contributed by atoms with Crippen LogP contribution in [0, 0.1) is 13.8 Å². The van der Waals surface area contributed by atoms with Crippen molar-refractivity contribution in [1.29, 1.82) is 0 Å². The van der Waals surface area contributed by atoms with Crippen molar-refractivity contribution in [3.8, 4) is 11.5 Å². The molecule has 0 saturated carbocycles. The van der Waals surface area contributed by atoms with Crippen LogP contribution in [0.25, 0.3) is 22.6 Å². The number of thiocarbonyl (C=S) groups is 1. The molecule has 2 N–H and O–H groups in total. The second-order valence-electron chi connectivity index (χ2n) is 7.60. The Balaban J connectivity index is 1.54. The van der Waals surface area contributed by atoms with Crippen molar-refractivity contribution in [2.75, 3.05) is 5.32 Å².